The lowest BCUT2D eigenvalue weighted by atomic mass is 10.2. The summed E-state index contributed by atoms with van der Waals surface area (Å²) in [6.07, 6.45) is 1.03. The van der Waals surface area contributed by atoms with Crippen molar-refractivity contribution in [1.82, 2.24) is 0 Å². The number of benzene rings is 1. The number of carbonyl (C=O) groups excluding carboxylic acids is 1. The molecule has 0 radical (unpaired) electrons. The summed E-state index contributed by atoms with van der Waals surface area (Å²) in [6, 6.07) is 4.73. The Balaban J connectivity index is 3.09. The van der Waals surface area contributed by atoms with Gasteiger partial charge in [-0.25, -0.2) is 4.39 Å². The third-order valence-electron chi connectivity index (χ3n) is 1.89. The summed E-state index contributed by atoms with van der Waals surface area (Å²) in [4.78, 5) is 10.5. The first-order valence-corrected chi connectivity index (χ1v) is 4.75. The number of allylic oxidation sites excluding steroid dienone is 1. The molecular formula is C11H10ClFO3. The predicted molar refractivity (Wildman–Crippen MR) is 59.5 cm³/mol. The van der Waals surface area contributed by atoms with Crippen LogP contribution < -0.4 is 9.47 Å². The highest BCUT2D eigenvalue weighted by Crippen LogP contribution is 2.28. The predicted octanol–water partition coefficient (Wildman–Crippen LogP) is 2.78. The summed E-state index contributed by atoms with van der Waals surface area (Å²) in [6.45, 7) is 0. The molecule has 0 saturated heterocycles. The van der Waals surface area contributed by atoms with Gasteiger partial charge >= 0.3 is 0 Å². The zero-order chi connectivity index (χ0) is 12.1. The molecule has 0 aromatic heterocycles. The van der Waals surface area contributed by atoms with E-state index >= 15 is 0 Å². The quantitative estimate of drug-likeness (QED) is 0.604. The van der Waals surface area contributed by atoms with Crippen LogP contribution in [0.1, 0.15) is 5.56 Å². The van der Waals surface area contributed by atoms with Crippen LogP contribution in [-0.4, -0.2) is 19.5 Å². The summed E-state index contributed by atoms with van der Waals surface area (Å²) in [5, 5.41) is -1.13. The lowest BCUT2D eigenvalue weighted by Gasteiger charge is -2.07. The van der Waals surface area contributed by atoms with E-state index in [0.717, 1.165) is 6.08 Å². The van der Waals surface area contributed by atoms with Crippen LogP contribution in [0.3, 0.4) is 0 Å². The van der Waals surface area contributed by atoms with E-state index in [0.29, 0.717) is 17.1 Å². The fourth-order valence-electron chi connectivity index (χ4n) is 1.15. The molecule has 0 heterocycles. The maximum atomic E-state index is 12.9. The van der Waals surface area contributed by atoms with Gasteiger partial charge < -0.3 is 9.47 Å². The molecular weight excluding hydrogens is 235 g/mol. The van der Waals surface area contributed by atoms with Crippen molar-refractivity contribution in [2.24, 2.45) is 0 Å². The van der Waals surface area contributed by atoms with Crippen LogP contribution >= 0.6 is 11.6 Å². The molecule has 0 fully saturated rings. The van der Waals surface area contributed by atoms with E-state index in [1.807, 2.05) is 0 Å². The van der Waals surface area contributed by atoms with Gasteiger partial charge in [0.25, 0.3) is 5.24 Å². The molecule has 0 bridgehead atoms. The molecule has 0 saturated carbocycles. The first-order chi connectivity index (χ1) is 7.58. The van der Waals surface area contributed by atoms with Gasteiger partial charge in [-0.3, -0.25) is 4.79 Å². The molecule has 0 aliphatic rings. The standard InChI is InChI=1S/C11H10ClFO3/c1-15-9-4-3-7(6-10(9)16-2)5-8(13)11(12)14/h3-6H,1-2H3/b8-5+. The number of methoxy groups -OCH3 is 2. The van der Waals surface area contributed by atoms with Gasteiger partial charge in [0.05, 0.1) is 14.2 Å². The molecule has 0 spiro atoms. The smallest absolute Gasteiger partial charge is 0.280 e. The van der Waals surface area contributed by atoms with E-state index < -0.39 is 11.1 Å². The van der Waals surface area contributed by atoms with Crippen LogP contribution in [0.5, 0.6) is 11.5 Å². The number of hydrogen-bond acceptors (Lipinski definition) is 3. The first kappa shape index (κ1) is 12.5. The molecule has 0 atom stereocenters. The van der Waals surface area contributed by atoms with E-state index in [1.54, 1.807) is 12.1 Å². The average Bonchev–Trinajstić information content (AvgIpc) is 2.28. The lowest BCUT2D eigenvalue weighted by molar-refractivity contribution is -0.109. The fraction of sp³-hybridized carbons (Fsp3) is 0.182. The molecule has 1 aromatic rings. The highest BCUT2D eigenvalue weighted by molar-refractivity contribution is 6.67. The zero-order valence-corrected chi connectivity index (χ0v) is 9.55. The summed E-state index contributed by atoms with van der Waals surface area (Å²) in [5.41, 5.74) is 0.462. The van der Waals surface area contributed by atoms with Crippen molar-refractivity contribution in [3.05, 3.63) is 29.6 Å². The number of ether oxygens (including phenoxy) is 2. The minimum Gasteiger partial charge on any atom is -0.493 e. The van der Waals surface area contributed by atoms with Crippen LogP contribution in [0.15, 0.2) is 24.0 Å². The van der Waals surface area contributed by atoms with Crippen LogP contribution in [0.4, 0.5) is 4.39 Å². The number of hydrogen-bond donors (Lipinski definition) is 0. The molecule has 0 aliphatic carbocycles. The second-order valence-corrected chi connectivity index (χ2v) is 3.22. The Bertz CT molecular complexity index is 429. The highest BCUT2D eigenvalue weighted by Gasteiger charge is 2.07. The Kier molecular flexibility index (Phi) is 4.31. The molecule has 1 rings (SSSR count). The maximum absolute atomic E-state index is 12.9. The van der Waals surface area contributed by atoms with Gasteiger partial charge in [0, 0.05) is 0 Å². The largest absolute Gasteiger partial charge is 0.493 e. The molecule has 0 N–H and O–H groups in total. The van der Waals surface area contributed by atoms with Gasteiger partial charge in [-0.15, -0.1) is 0 Å². The van der Waals surface area contributed by atoms with Crippen molar-refractivity contribution in [3.63, 3.8) is 0 Å². The Hall–Kier alpha value is -1.55. The van der Waals surface area contributed by atoms with E-state index in [1.165, 1.54) is 20.3 Å². The molecule has 0 unspecified atom stereocenters. The first-order valence-electron chi connectivity index (χ1n) is 4.37. The summed E-state index contributed by atoms with van der Waals surface area (Å²) >= 11 is 4.97. The van der Waals surface area contributed by atoms with Gasteiger partial charge in [-0.2, -0.15) is 0 Å². The van der Waals surface area contributed by atoms with Crippen molar-refractivity contribution in [2.75, 3.05) is 14.2 Å². The monoisotopic (exact) mass is 244 g/mol. The second kappa shape index (κ2) is 5.51. The van der Waals surface area contributed by atoms with E-state index in [9.17, 15) is 9.18 Å². The molecule has 5 heteroatoms. The molecule has 0 amide bonds. The lowest BCUT2D eigenvalue weighted by Crippen LogP contribution is -1.91. The van der Waals surface area contributed by atoms with Crippen molar-refractivity contribution in [2.45, 2.75) is 0 Å². The van der Waals surface area contributed by atoms with Crippen molar-refractivity contribution >= 4 is 22.9 Å². The van der Waals surface area contributed by atoms with Gasteiger partial charge in [-0.05, 0) is 35.4 Å². The molecule has 86 valence electrons. The van der Waals surface area contributed by atoms with Gasteiger partial charge in [0.15, 0.2) is 17.3 Å². The van der Waals surface area contributed by atoms with Crippen LogP contribution in [0.2, 0.25) is 0 Å². The number of rotatable bonds is 4. The Morgan fingerprint density at radius 3 is 2.44 bits per heavy atom. The number of halogens is 2. The SMILES string of the molecule is COc1ccc(/C=C(/F)C(=O)Cl)cc1OC. The molecule has 0 aliphatic heterocycles. The zero-order valence-electron chi connectivity index (χ0n) is 8.79. The minimum absolute atomic E-state index is 0.450. The molecule has 1 aromatic carbocycles. The minimum atomic E-state index is -1.13. The van der Waals surface area contributed by atoms with Crippen molar-refractivity contribution < 1.29 is 18.7 Å². The Labute approximate surface area is 97.4 Å². The normalized spacial score (nSPS) is 11.1. The summed E-state index contributed by atoms with van der Waals surface area (Å²) in [5.74, 6) is -0.0442. The third-order valence-corrected chi connectivity index (χ3v) is 2.07. The van der Waals surface area contributed by atoms with E-state index in [2.05, 4.69) is 0 Å². The van der Waals surface area contributed by atoms with Crippen LogP contribution in [0.25, 0.3) is 6.08 Å². The van der Waals surface area contributed by atoms with Crippen LogP contribution in [-0.2, 0) is 4.79 Å². The second-order valence-electron chi connectivity index (χ2n) is 2.88. The summed E-state index contributed by atoms with van der Waals surface area (Å²) < 4.78 is 23.0. The molecule has 16 heavy (non-hydrogen) atoms. The Morgan fingerprint density at radius 1 is 1.31 bits per heavy atom. The topological polar surface area (TPSA) is 35.5 Å². The average molecular weight is 245 g/mol. The third kappa shape index (κ3) is 2.97. The Morgan fingerprint density at radius 2 is 1.94 bits per heavy atom. The van der Waals surface area contributed by atoms with Crippen LogP contribution in [0, 0.1) is 0 Å². The van der Waals surface area contributed by atoms with Crippen molar-refractivity contribution in [3.8, 4) is 11.5 Å². The highest BCUT2D eigenvalue weighted by atomic mass is 35.5. The summed E-state index contributed by atoms with van der Waals surface area (Å²) in [7, 11) is 2.96. The maximum Gasteiger partial charge on any atom is 0.280 e. The van der Waals surface area contributed by atoms with Gasteiger partial charge in [-0.1, -0.05) is 6.07 Å². The van der Waals surface area contributed by atoms with E-state index in [-0.39, 0.29) is 0 Å². The molecule has 3 nitrogen and oxygen atoms in total. The van der Waals surface area contributed by atoms with Gasteiger partial charge in [0.1, 0.15) is 0 Å². The number of carbonyl (C=O) groups is 1. The van der Waals surface area contributed by atoms with Crippen molar-refractivity contribution in [1.29, 1.82) is 0 Å². The fourth-order valence-corrected chi connectivity index (χ4v) is 1.20. The van der Waals surface area contributed by atoms with Gasteiger partial charge in [0.2, 0.25) is 0 Å². The van der Waals surface area contributed by atoms with E-state index in [4.69, 9.17) is 21.1 Å².